The van der Waals surface area contributed by atoms with Crippen LogP contribution in [-0.2, 0) is 7.05 Å². The predicted molar refractivity (Wildman–Crippen MR) is 88.5 cm³/mol. The molecule has 2 N–H and O–H groups in total. The largest absolute Gasteiger partial charge is 0.321 e. The van der Waals surface area contributed by atoms with E-state index in [9.17, 15) is 0 Å². The van der Waals surface area contributed by atoms with E-state index in [4.69, 9.17) is 0 Å². The first-order valence-electron chi connectivity index (χ1n) is 6.62. The van der Waals surface area contributed by atoms with E-state index in [0.29, 0.717) is 18.3 Å². The lowest BCUT2D eigenvalue weighted by Gasteiger charge is -2.04. The molecule has 0 aliphatic heterocycles. The molecule has 2 heterocycles. The summed E-state index contributed by atoms with van der Waals surface area (Å²) in [6.07, 6.45) is 8.51. The molecule has 0 aliphatic rings. The van der Waals surface area contributed by atoms with Gasteiger partial charge in [-0.2, -0.15) is 5.10 Å². The van der Waals surface area contributed by atoms with Crippen molar-refractivity contribution in [2.24, 2.45) is 17.0 Å². The lowest BCUT2D eigenvalue weighted by Crippen LogP contribution is -2.05. The molecule has 8 heteroatoms. The fourth-order valence-electron chi connectivity index (χ4n) is 1.69. The Morgan fingerprint density at radius 3 is 3.05 bits per heavy atom. The van der Waals surface area contributed by atoms with Gasteiger partial charge >= 0.3 is 0 Å². The third kappa shape index (κ3) is 4.32. The fourth-order valence-corrected chi connectivity index (χ4v) is 1.69. The Balaban J connectivity index is 2.21. The van der Waals surface area contributed by atoms with Gasteiger partial charge in [-0.3, -0.25) is 14.7 Å². The summed E-state index contributed by atoms with van der Waals surface area (Å²) >= 11 is 0. The van der Waals surface area contributed by atoms with Crippen LogP contribution in [0.1, 0.15) is 5.69 Å². The molecule has 0 radical (unpaired) electrons. The molecule has 22 heavy (non-hydrogen) atoms. The van der Waals surface area contributed by atoms with Gasteiger partial charge in [-0.15, -0.1) is 0 Å². The molecule has 0 spiro atoms. The number of hydrogen-bond acceptors (Lipinski definition) is 7. The third-order valence-electron chi connectivity index (χ3n) is 2.62. The summed E-state index contributed by atoms with van der Waals surface area (Å²) in [6, 6.07) is 1.79. The molecule has 2 rings (SSSR count). The monoisotopic (exact) mass is 298 g/mol. The highest BCUT2D eigenvalue weighted by Crippen LogP contribution is 2.15. The molecule has 2 aromatic heterocycles. The highest BCUT2D eigenvalue weighted by Gasteiger charge is 2.05. The highest BCUT2D eigenvalue weighted by molar-refractivity contribution is 6.09. The zero-order chi connectivity index (χ0) is 15.8. The van der Waals surface area contributed by atoms with Crippen LogP contribution in [0.4, 0.5) is 11.6 Å². The second-order valence-electron chi connectivity index (χ2n) is 4.38. The average Bonchev–Trinajstić information content (AvgIpc) is 2.92. The number of nitrogens with one attached hydrogen (secondary N) is 2. The number of hydrogen-bond donors (Lipinski definition) is 2. The van der Waals surface area contributed by atoms with Crippen molar-refractivity contribution in [3.63, 3.8) is 0 Å². The van der Waals surface area contributed by atoms with E-state index in [1.165, 1.54) is 0 Å². The molecule has 0 bridgehead atoms. The highest BCUT2D eigenvalue weighted by atomic mass is 15.3. The lowest BCUT2D eigenvalue weighted by molar-refractivity contribution is 0.768. The number of aromatic nitrogens is 4. The Kier molecular flexibility index (Phi) is 5.50. The minimum Gasteiger partial charge on any atom is -0.321 e. The molecule has 0 unspecified atom stereocenters. The van der Waals surface area contributed by atoms with Crippen LogP contribution >= 0.6 is 0 Å². The third-order valence-corrected chi connectivity index (χ3v) is 2.62. The van der Waals surface area contributed by atoms with Crippen LogP contribution in [0.5, 0.6) is 0 Å². The Hall–Kier alpha value is -2.87. The molecule has 114 valence electrons. The van der Waals surface area contributed by atoms with Crippen LogP contribution in [0.15, 0.2) is 40.8 Å². The lowest BCUT2D eigenvalue weighted by atomic mass is 10.2. The van der Waals surface area contributed by atoms with E-state index < -0.39 is 0 Å². The van der Waals surface area contributed by atoms with Crippen LogP contribution in [0.2, 0.25) is 0 Å². The van der Waals surface area contributed by atoms with Gasteiger partial charge in [-0.25, -0.2) is 9.97 Å². The Morgan fingerprint density at radius 2 is 2.36 bits per heavy atom. The molecule has 0 fully saturated rings. The van der Waals surface area contributed by atoms with Gasteiger partial charge in [0.15, 0.2) is 0 Å². The van der Waals surface area contributed by atoms with Gasteiger partial charge in [0.25, 0.3) is 0 Å². The molecule has 0 amide bonds. The molecule has 0 saturated heterocycles. The molecule has 0 aliphatic carbocycles. The number of anilines is 2. The van der Waals surface area contributed by atoms with Gasteiger partial charge < -0.3 is 10.6 Å². The van der Waals surface area contributed by atoms with Crippen molar-refractivity contribution in [3.8, 4) is 0 Å². The fraction of sp³-hybridized carbons (Fsp3) is 0.214. The molecule has 0 saturated carbocycles. The van der Waals surface area contributed by atoms with Gasteiger partial charge in [0.2, 0.25) is 5.95 Å². The van der Waals surface area contributed by atoms with Crippen molar-refractivity contribution >= 4 is 30.1 Å². The Morgan fingerprint density at radius 1 is 1.50 bits per heavy atom. The number of nitrogens with zero attached hydrogens (tertiary/aromatic N) is 6. The first-order valence-corrected chi connectivity index (χ1v) is 6.62. The van der Waals surface area contributed by atoms with Gasteiger partial charge in [-0.05, 0) is 19.8 Å². The second-order valence-corrected chi connectivity index (χ2v) is 4.38. The van der Waals surface area contributed by atoms with Gasteiger partial charge in [0.1, 0.15) is 0 Å². The van der Waals surface area contributed by atoms with Crippen LogP contribution < -0.4 is 10.6 Å². The maximum atomic E-state index is 4.45. The van der Waals surface area contributed by atoms with Crippen molar-refractivity contribution < 1.29 is 0 Å². The number of rotatable bonds is 7. The zero-order valence-electron chi connectivity index (χ0n) is 12.6. The quantitative estimate of drug-likeness (QED) is 0.750. The molecule has 2 aromatic rings. The number of allylic oxidation sites excluding steroid dienone is 1. The van der Waals surface area contributed by atoms with Crippen LogP contribution in [-0.4, -0.2) is 46.4 Å². The Labute approximate surface area is 128 Å². The molecular weight excluding hydrogens is 280 g/mol. The van der Waals surface area contributed by atoms with Crippen LogP contribution in [0.25, 0.3) is 5.57 Å². The van der Waals surface area contributed by atoms with Crippen molar-refractivity contribution in [1.29, 1.82) is 0 Å². The smallest absolute Gasteiger partial charge is 0.227 e. The minimum absolute atomic E-state index is 0.475. The van der Waals surface area contributed by atoms with Crippen molar-refractivity contribution in [2.45, 2.75) is 0 Å². The van der Waals surface area contributed by atoms with Crippen molar-refractivity contribution in [2.75, 3.05) is 19.0 Å². The normalized spacial score (nSPS) is 11.8. The van der Waals surface area contributed by atoms with Crippen molar-refractivity contribution in [3.05, 3.63) is 36.6 Å². The second kappa shape index (κ2) is 7.79. The summed E-state index contributed by atoms with van der Waals surface area (Å²) < 4.78 is 1.70. The summed E-state index contributed by atoms with van der Waals surface area (Å²) in [4.78, 5) is 16.6. The van der Waals surface area contributed by atoms with Gasteiger partial charge in [-0.1, -0.05) is 0 Å². The topological polar surface area (TPSA) is 92.4 Å². The summed E-state index contributed by atoms with van der Waals surface area (Å²) in [5.41, 5.74) is 2.27. The molecular formula is C14H18N8. The maximum absolute atomic E-state index is 4.45. The molecule has 0 aromatic carbocycles. The van der Waals surface area contributed by atoms with E-state index >= 15 is 0 Å². The minimum atomic E-state index is 0.475. The zero-order valence-corrected chi connectivity index (χ0v) is 12.6. The van der Waals surface area contributed by atoms with Gasteiger partial charge in [0.05, 0.1) is 24.2 Å². The standard InChI is InChI=1S/C14H18N8/c1-15-6-11(7-17-10-16-2)13-4-5-18-14(21-13)20-12-8-19-22(3)9-12/h4-9,16H,1,10H2,2-3H3,(H,18,20,21)/b11-6+,17-7?. The van der Waals surface area contributed by atoms with Gasteiger partial charge in [0, 0.05) is 37.4 Å². The number of aliphatic imine (C=N–C) groups is 2. The molecule has 0 atom stereocenters. The average molecular weight is 298 g/mol. The van der Waals surface area contributed by atoms with E-state index in [0.717, 1.165) is 11.3 Å². The summed E-state index contributed by atoms with van der Waals surface area (Å²) in [5, 5.41) is 10.1. The van der Waals surface area contributed by atoms with E-state index in [1.54, 1.807) is 35.6 Å². The molecule has 8 nitrogen and oxygen atoms in total. The first kappa shape index (κ1) is 15.5. The summed E-state index contributed by atoms with van der Waals surface area (Å²) in [7, 11) is 3.67. The van der Waals surface area contributed by atoms with Crippen LogP contribution in [0.3, 0.4) is 0 Å². The van der Waals surface area contributed by atoms with Crippen LogP contribution in [0, 0.1) is 0 Å². The first-order chi connectivity index (χ1) is 10.7. The van der Waals surface area contributed by atoms with E-state index in [-0.39, 0.29) is 0 Å². The maximum Gasteiger partial charge on any atom is 0.227 e. The Bertz CT molecular complexity index is 686. The summed E-state index contributed by atoms with van der Waals surface area (Å²) in [6.45, 7) is 3.99. The van der Waals surface area contributed by atoms with E-state index in [1.807, 2.05) is 20.3 Å². The SMILES string of the molecule is C=N/C=C(\C=NCNC)c1ccnc(Nc2cnn(C)c2)n1. The predicted octanol–water partition coefficient (Wildman–Crippen LogP) is 1.24. The summed E-state index contributed by atoms with van der Waals surface area (Å²) in [5.74, 6) is 0.475. The number of aryl methyl sites for hydroxylation is 1. The van der Waals surface area contributed by atoms with Crippen molar-refractivity contribution in [1.82, 2.24) is 25.1 Å². The van der Waals surface area contributed by atoms with E-state index in [2.05, 4.69) is 42.4 Å².